The van der Waals surface area contributed by atoms with E-state index < -0.39 is 11.6 Å². The predicted molar refractivity (Wildman–Crippen MR) is 83.2 cm³/mol. The highest BCUT2D eigenvalue weighted by atomic mass is 79.9. The van der Waals surface area contributed by atoms with E-state index in [0.717, 1.165) is 30.9 Å². The highest BCUT2D eigenvalue weighted by Crippen LogP contribution is 2.29. The largest absolute Gasteiger partial charge is 0.461 e. The van der Waals surface area contributed by atoms with Gasteiger partial charge in [0.15, 0.2) is 0 Å². The van der Waals surface area contributed by atoms with Crippen molar-refractivity contribution in [2.75, 3.05) is 6.54 Å². The molecule has 0 bridgehead atoms. The van der Waals surface area contributed by atoms with E-state index in [4.69, 9.17) is 4.42 Å². The van der Waals surface area contributed by atoms with Crippen molar-refractivity contribution in [1.82, 2.24) is 5.32 Å². The van der Waals surface area contributed by atoms with Gasteiger partial charge in [-0.25, -0.2) is 8.78 Å². The second-order valence-electron chi connectivity index (χ2n) is 5.07. The van der Waals surface area contributed by atoms with Crippen molar-refractivity contribution >= 4 is 15.9 Å². The van der Waals surface area contributed by atoms with Gasteiger partial charge < -0.3 is 9.73 Å². The fraction of sp³-hybridized carbons (Fsp3) is 0.375. The number of rotatable bonds is 6. The molecule has 0 radical (unpaired) electrons. The van der Waals surface area contributed by atoms with E-state index >= 15 is 0 Å². The third-order valence-electron chi connectivity index (χ3n) is 3.19. The van der Waals surface area contributed by atoms with Crippen LogP contribution in [0.3, 0.4) is 0 Å². The highest BCUT2D eigenvalue weighted by molar-refractivity contribution is 9.10. The summed E-state index contributed by atoms with van der Waals surface area (Å²) in [6, 6.07) is 6.00. The van der Waals surface area contributed by atoms with E-state index in [1.165, 1.54) is 0 Å². The van der Waals surface area contributed by atoms with Gasteiger partial charge in [0, 0.05) is 12.5 Å². The van der Waals surface area contributed by atoms with Crippen LogP contribution >= 0.6 is 15.9 Å². The second kappa shape index (κ2) is 7.18. The Morgan fingerprint density at radius 2 is 2.00 bits per heavy atom. The molecular formula is C16H18BrF2NO. The molecule has 0 amide bonds. The quantitative estimate of drug-likeness (QED) is 0.742. The van der Waals surface area contributed by atoms with Crippen LogP contribution in [0.1, 0.15) is 26.0 Å². The molecule has 0 aliphatic carbocycles. The van der Waals surface area contributed by atoms with Crippen LogP contribution in [-0.2, 0) is 6.42 Å². The summed E-state index contributed by atoms with van der Waals surface area (Å²) in [6.45, 7) is 5.12. The van der Waals surface area contributed by atoms with Crippen molar-refractivity contribution in [2.45, 2.75) is 32.7 Å². The average molecular weight is 358 g/mol. The van der Waals surface area contributed by atoms with E-state index in [1.54, 1.807) is 12.1 Å². The number of halogens is 3. The summed E-state index contributed by atoms with van der Waals surface area (Å²) in [5, 5.41) is 3.36. The summed E-state index contributed by atoms with van der Waals surface area (Å²) in [6.07, 6.45) is 1.78. The van der Waals surface area contributed by atoms with Gasteiger partial charge in [-0.3, -0.25) is 0 Å². The predicted octanol–water partition coefficient (Wildman–Crippen LogP) is 4.92. The molecule has 2 rings (SSSR count). The van der Waals surface area contributed by atoms with Gasteiger partial charge in [-0.1, -0.05) is 6.92 Å². The summed E-state index contributed by atoms with van der Waals surface area (Å²) < 4.78 is 33.2. The van der Waals surface area contributed by atoms with E-state index in [-0.39, 0.29) is 16.1 Å². The van der Waals surface area contributed by atoms with Gasteiger partial charge in [0.25, 0.3) is 0 Å². The van der Waals surface area contributed by atoms with Crippen LogP contribution in [0.15, 0.2) is 33.2 Å². The molecule has 21 heavy (non-hydrogen) atoms. The summed E-state index contributed by atoms with van der Waals surface area (Å²) in [7, 11) is 0. The van der Waals surface area contributed by atoms with E-state index in [1.807, 2.05) is 0 Å². The maximum absolute atomic E-state index is 13.9. The Hall–Kier alpha value is -1.20. The molecule has 114 valence electrons. The number of hydrogen-bond donors (Lipinski definition) is 1. The van der Waals surface area contributed by atoms with Crippen molar-refractivity contribution in [3.8, 4) is 11.3 Å². The zero-order valence-corrected chi connectivity index (χ0v) is 13.6. The molecule has 0 saturated heterocycles. The summed E-state index contributed by atoms with van der Waals surface area (Å²) >= 11 is 2.96. The van der Waals surface area contributed by atoms with Crippen molar-refractivity contribution < 1.29 is 13.2 Å². The first-order chi connectivity index (χ1) is 10.0. The van der Waals surface area contributed by atoms with Crippen molar-refractivity contribution in [3.05, 3.63) is 46.1 Å². The molecule has 1 N–H and O–H groups in total. The molecule has 0 saturated carbocycles. The molecule has 1 atom stereocenters. The minimum absolute atomic E-state index is 0.105. The second-order valence-corrected chi connectivity index (χ2v) is 5.93. The number of benzene rings is 1. The molecular weight excluding hydrogens is 340 g/mol. The summed E-state index contributed by atoms with van der Waals surface area (Å²) in [4.78, 5) is 0. The lowest BCUT2D eigenvalue weighted by molar-refractivity contribution is 0.462. The molecule has 2 nitrogen and oxygen atoms in total. The molecule has 5 heteroatoms. The SMILES string of the molecule is CCCNC(C)Cc1ccc(-c2cc(F)c(Br)cc2F)o1. The lowest BCUT2D eigenvalue weighted by Gasteiger charge is -2.11. The van der Waals surface area contributed by atoms with Crippen LogP contribution in [0.2, 0.25) is 0 Å². The van der Waals surface area contributed by atoms with Crippen molar-refractivity contribution in [2.24, 2.45) is 0 Å². The van der Waals surface area contributed by atoms with Crippen LogP contribution in [0, 0.1) is 11.6 Å². The lowest BCUT2D eigenvalue weighted by Crippen LogP contribution is -2.28. The van der Waals surface area contributed by atoms with Crippen LogP contribution in [0.5, 0.6) is 0 Å². The lowest BCUT2D eigenvalue weighted by atomic mass is 10.1. The average Bonchev–Trinajstić information content (AvgIpc) is 2.88. The van der Waals surface area contributed by atoms with Gasteiger partial charge in [-0.15, -0.1) is 0 Å². The summed E-state index contributed by atoms with van der Waals surface area (Å²) in [5.74, 6) is 0.0732. The number of hydrogen-bond acceptors (Lipinski definition) is 2. The highest BCUT2D eigenvalue weighted by Gasteiger charge is 2.14. The van der Waals surface area contributed by atoms with Crippen molar-refractivity contribution in [3.63, 3.8) is 0 Å². The fourth-order valence-electron chi connectivity index (χ4n) is 2.11. The number of furan rings is 1. The molecule has 1 heterocycles. The Morgan fingerprint density at radius 1 is 1.24 bits per heavy atom. The smallest absolute Gasteiger partial charge is 0.138 e. The van der Waals surface area contributed by atoms with Gasteiger partial charge in [-0.2, -0.15) is 0 Å². The molecule has 1 aromatic carbocycles. The molecule has 0 aliphatic rings. The zero-order chi connectivity index (χ0) is 15.4. The van der Waals surface area contributed by atoms with Gasteiger partial charge >= 0.3 is 0 Å². The van der Waals surface area contributed by atoms with Crippen LogP contribution in [0.4, 0.5) is 8.78 Å². The maximum Gasteiger partial charge on any atom is 0.138 e. The normalized spacial score (nSPS) is 12.6. The maximum atomic E-state index is 13.9. The molecule has 0 aliphatic heterocycles. The molecule has 0 fully saturated rings. The van der Waals surface area contributed by atoms with Gasteiger partial charge in [0.2, 0.25) is 0 Å². The first-order valence-corrected chi connectivity index (χ1v) is 7.77. The van der Waals surface area contributed by atoms with Gasteiger partial charge in [0.05, 0.1) is 10.0 Å². The Balaban J connectivity index is 2.15. The third kappa shape index (κ3) is 4.14. The van der Waals surface area contributed by atoms with E-state index in [0.29, 0.717) is 12.2 Å². The Bertz CT molecular complexity index is 612. The van der Waals surface area contributed by atoms with Gasteiger partial charge in [-0.05, 0) is 60.1 Å². The number of nitrogens with one attached hydrogen (secondary N) is 1. The van der Waals surface area contributed by atoms with Crippen LogP contribution < -0.4 is 5.32 Å². The molecule has 0 spiro atoms. The minimum Gasteiger partial charge on any atom is -0.461 e. The van der Waals surface area contributed by atoms with Gasteiger partial charge in [0.1, 0.15) is 23.2 Å². The minimum atomic E-state index is -0.513. The molecule has 2 aromatic rings. The standard InChI is InChI=1S/C16H18BrF2NO/c1-3-6-20-10(2)7-11-4-5-16(21-11)12-8-15(19)13(17)9-14(12)18/h4-5,8-10,20H,3,6-7H2,1-2H3. The molecule has 1 aromatic heterocycles. The van der Waals surface area contributed by atoms with Crippen LogP contribution in [0.25, 0.3) is 11.3 Å². The first-order valence-electron chi connectivity index (χ1n) is 6.98. The van der Waals surface area contributed by atoms with Crippen LogP contribution in [-0.4, -0.2) is 12.6 Å². The monoisotopic (exact) mass is 357 g/mol. The first kappa shape index (κ1) is 16.2. The summed E-state index contributed by atoms with van der Waals surface area (Å²) in [5.41, 5.74) is 0.135. The zero-order valence-electron chi connectivity index (χ0n) is 12.1. The Kier molecular flexibility index (Phi) is 5.53. The van der Waals surface area contributed by atoms with E-state index in [2.05, 4.69) is 35.1 Å². The topological polar surface area (TPSA) is 25.2 Å². The third-order valence-corrected chi connectivity index (χ3v) is 3.79. The Labute approximate surface area is 131 Å². The molecule has 1 unspecified atom stereocenters. The fourth-order valence-corrected chi connectivity index (χ4v) is 2.42. The Morgan fingerprint density at radius 3 is 2.71 bits per heavy atom. The van der Waals surface area contributed by atoms with Crippen molar-refractivity contribution in [1.29, 1.82) is 0 Å². The van der Waals surface area contributed by atoms with E-state index in [9.17, 15) is 8.78 Å².